The summed E-state index contributed by atoms with van der Waals surface area (Å²) in [6.45, 7) is 0. The summed E-state index contributed by atoms with van der Waals surface area (Å²) in [5.74, 6) is 0. The lowest BCUT2D eigenvalue weighted by Crippen LogP contribution is -2.01. The van der Waals surface area contributed by atoms with Gasteiger partial charge in [0.1, 0.15) is 6.07 Å². The van der Waals surface area contributed by atoms with Crippen LogP contribution >= 0.6 is 0 Å². The Bertz CT molecular complexity index is 2920. The van der Waals surface area contributed by atoms with Crippen molar-refractivity contribution in [2.24, 2.45) is 0 Å². The van der Waals surface area contributed by atoms with E-state index in [1.54, 1.807) is 0 Å². The zero-order chi connectivity index (χ0) is 33.8. The Hall–Kier alpha value is -7.39. The molecule has 50 heavy (non-hydrogen) atoms. The van der Waals surface area contributed by atoms with Gasteiger partial charge in [0.25, 0.3) is 0 Å². The summed E-state index contributed by atoms with van der Waals surface area (Å²) in [7, 11) is 0. The van der Waals surface area contributed by atoms with E-state index in [1.165, 1.54) is 0 Å². The minimum absolute atomic E-state index is 0.541. The number of para-hydroxylation sites is 3. The molecule has 9 aromatic rings. The van der Waals surface area contributed by atoms with Crippen LogP contribution < -0.4 is 0 Å². The van der Waals surface area contributed by atoms with Crippen molar-refractivity contribution < 1.29 is 0 Å². The summed E-state index contributed by atoms with van der Waals surface area (Å²) in [4.78, 5) is 0. The summed E-state index contributed by atoms with van der Waals surface area (Å²) in [6, 6.07) is 57.7. The van der Waals surface area contributed by atoms with Gasteiger partial charge in [0, 0.05) is 32.7 Å². The molecule has 2 heterocycles. The highest BCUT2D eigenvalue weighted by Gasteiger charge is 2.22. The molecule has 9 rings (SSSR count). The molecule has 0 radical (unpaired) electrons. The van der Waals surface area contributed by atoms with Crippen LogP contribution in [0.4, 0.5) is 0 Å². The van der Waals surface area contributed by atoms with Gasteiger partial charge in [-0.2, -0.15) is 15.8 Å². The first-order valence-corrected chi connectivity index (χ1v) is 16.3. The highest BCUT2D eigenvalue weighted by Crippen LogP contribution is 2.42. The van der Waals surface area contributed by atoms with E-state index in [4.69, 9.17) is 0 Å². The fraction of sp³-hybridized carbons (Fsp3) is 0. The molecule has 0 atom stereocenters. The second-order valence-electron chi connectivity index (χ2n) is 12.3. The van der Waals surface area contributed by atoms with Crippen LogP contribution in [0.3, 0.4) is 0 Å². The van der Waals surface area contributed by atoms with E-state index in [-0.39, 0.29) is 0 Å². The molecule has 0 fully saturated rings. The van der Waals surface area contributed by atoms with Crippen molar-refractivity contribution in [1.29, 1.82) is 15.8 Å². The predicted octanol–water partition coefficient (Wildman–Crippen LogP) is 10.8. The Labute approximate surface area is 287 Å². The number of nitriles is 3. The van der Waals surface area contributed by atoms with Gasteiger partial charge >= 0.3 is 0 Å². The second-order valence-corrected chi connectivity index (χ2v) is 12.3. The standard InChI is InChI=1S/C45H25N5/c46-26-29-21-23-44-38(24-29)36-14-5-8-18-42(36)49(44)43-19-9-15-33(39(43)28-48)31-10-1-2-11-32(31)37-22-20-30(27-47)25-45(37)50-40-16-6-3-12-34(40)35-13-4-7-17-41(35)50/h1-25H. The molecule has 0 aliphatic heterocycles. The van der Waals surface area contributed by atoms with Crippen LogP contribution in [-0.4, -0.2) is 9.13 Å². The second kappa shape index (κ2) is 11.4. The van der Waals surface area contributed by atoms with Crippen LogP contribution in [-0.2, 0) is 0 Å². The molecule has 5 nitrogen and oxygen atoms in total. The van der Waals surface area contributed by atoms with E-state index in [2.05, 4.69) is 88.0 Å². The third-order valence-electron chi connectivity index (χ3n) is 9.65. The molecule has 0 spiro atoms. The summed E-state index contributed by atoms with van der Waals surface area (Å²) in [5.41, 5.74) is 10.9. The highest BCUT2D eigenvalue weighted by atomic mass is 15.0. The molecule has 0 saturated carbocycles. The SMILES string of the molecule is N#Cc1ccc(-c2ccccc2-c2cccc(-n3c4ccccc4c4cc(C#N)ccc43)c2C#N)c(-n2c3ccccc3c3ccccc32)c1. The van der Waals surface area contributed by atoms with E-state index >= 15 is 0 Å². The van der Waals surface area contributed by atoms with E-state index < -0.39 is 0 Å². The summed E-state index contributed by atoms with van der Waals surface area (Å²) < 4.78 is 4.37. The van der Waals surface area contributed by atoms with Crippen molar-refractivity contribution in [3.05, 3.63) is 168 Å². The van der Waals surface area contributed by atoms with E-state index in [1.807, 2.05) is 91.0 Å². The van der Waals surface area contributed by atoms with Gasteiger partial charge in [-0.15, -0.1) is 0 Å². The van der Waals surface area contributed by atoms with Gasteiger partial charge in [0.15, 0.2) is 0 Å². The van der Waals surface area contributed by atoms with Crippen molar-refractivity contribution >= 4 is 43.6 Å². The third kappa shape index (κ3) is 4.24. The molecule has 230 valence electrons. The Morgan fingerprint density at radius 3 is 1.44 bits per heavy atom. The van der Waals surface area contributed by atoms with Crippen LogP contribution in [0.15, 0.2) is 152 Å². The van der Waals surface area contributed by atoms with E-state index in [0.717, 1.165) is 77.2 Å². The average molecular weight is 636 g/mol. The summed E-state index contributed by atoms with van der Waals surface area (Å²) >= 11 is 0. The number of aromatic nitrogens is 2. The van der Waals surface area contributed by atoms with Gasteiger partial charge in [0.05, 0.1) is 62.3 Å². The minimum atomic E-state index is 0.541. The molecule has 0 saturated heterocycles. The van der Waals surface area contributed by atoms with Gasteiger partial charge in [-0.05, 0) is 65.7 Å². The monoisotopic (exact) mass is 635 g/mol. The number of benzene rings is 7. The third-order valence-corrected chi connectivity index (χ3v) is 9.65. The molecule has 0 unspecified atom stereocenters. The lowest BCUT2D eigenvalue weighted by Gasteiger charge is -2.19. The average Bonchev–Trinajstić information content (AvgIpc) is 3.69. The number of hydrogen-bond donors (Lipinski definition) is 0. The molecule has 0 bridgehead atoms. The molecule has 0 aliphatic rings. The van der Waals surface area contributed by atoms with Crippen LogP contribution in [0.25, 0.3) is 77.2 Å². The molecular formula is C45H25N5. The molecular weight excluding hydrogens is 611 g/mol. The summed E-state index contributed by atoms with van der Waals surface area (Å²) in [5, 5.41) is 34.8. The largest absolute Gasteiger partial charge is 0.309 e. The number of fused-ring (bicyclic) bond motifs is 6. The van der Waals surface area contributed by atoms with E-state index in [9.17, 15) is 15.8 Å². The van der Waals surface area contributed by atoms with E-state index in [0.29, 0.717) is 16.7 Å². The van der Waals surface area contributed by atoms with Crippen molar-refractivity contribution in [2.75, 3.05) is 0 Å². The molecule has 2 aromatic heterocycles. The molecule has 0 amide bonds. The van der Waals surface area contributed by atoms with Gasteiger partial charge in [-0.25, -0.2) is 0 Å². The fourth-order valence-electron chi connectivity index (χ4n) is 7.52. The predicted molar refractivity (Wildman–Crippen MR) is 200 cm³/mol. The first kappa shape index (κ1) is 28.8. The maximum Gasteiger partial charge on any atom is 0.102 e. The highest BCUT2D eigenvalue weighted by molar-refractivity contribution is 6.11. The van der Waals surface area contributed by atoms with Crippen LogP contribution in [0.2, 0.25) is 0 Å². The zero-order valence-electron chi connectivity index (χ0n) is 26.7. The van der Waals surface area contributed by atoms with Crippen LogP contribution in [0.1, 0.15) is 16.7 Å². The minimum Gasteiger partial charge on any atom is -0.309 e. The smallest absolute Gasteiger partial charge is 0.102 e. The first-order valence-electron chi connectivity index (χ1n) is 16.3. The molecule has 0 N–H and O–H groups in total. The maximum absolute atomic E-state index is 10.9. The zero-order valence-corrected chi connectivity index (χ0v) is 26.7. The Kier molecular flexibility index (Phi) is 6.56. The van der Waals surface area contributed by atoms with Crippen molar-refractivity contribution in [3.63, 3.8) is 0 Å². The van der Waals surface area contributed by atoms with Gasteiger partial charge in [-0.3, -0.25) is 0 Å². The quantitative estimate of drug-likeness (QED) is 0.193. The van der Waals surface area contributed by atoms with Crippen LogP contribution in [0, 0.1) is 34.0 Å². The fourth-order valence-corrected chi connectivity index (χ4v) is 7.52. The Balaban J connectivity index is 1.32. The molecule has 0 aliphatic carbocycles. The van der Waals surface area contributed by atoms with Crippen molar-refractivity contribution in [2.45, 2.75) is 0 Å². The Morgan fingerprint density at radius 1 is 0.340 bits per heavy atom. The lowest BCUT2D eigenvalue weighted by molar-refractivity contribution is 1.17. The molecule has 5 heteroatoms. The Morgan fingerprint density at radius 2 is 0.820 bits per heavy atom. The first-order chi connectivity index (χ1) is 24.7. The number of nitrogens with zero attached hydrogens (tertiary/aromatic N) is 5. The van der Waals surface area contributed by atoms with Crippen molar-refractivity contribution in [3.8, 4) is 51.8 Å². The number of rotatable bonds is 4. The van der Waals surface area contributed by atoms with Crippen LogP contribution in [0.5, 0.6) is 0 Å². The molecule has 7 aromatic carbocycles. The number of hydrogen-bond acceptors (Lipinski definition) is 3. The van der Waals surface area contributed by atoms with Gasteiger partial charge in [0.2, 0.25) is 0 Å². The van der Waals surface area contributed by atoms with Gasteiger partial charge in [-0.1, -0.05) is 97.1 Å². The van der Waals surface area contributed by atoms with Gasteiger partial charge < -0.3 is 9.13 Å². The summed E-state index contributed by atoms with van der Waals surface area (Å²) in [6.07, 6.45) is 0. The normalized spacial score (nSPS) is 11.1. The topological polar surface area (TPSA) is 81.2 Å². The van der Waals surface area contributed by atoms with Crippen molar-refractivity contribution in [1.82, 2.24) is 9.13 Å². The lowest BCUT2D eigenvalue weighted by atomic mass is 9.90. The maximum atomic E-state index is 10.9.